The zero-order valence-electron chi connectivity index (χ0n) is 23.6. The van der Waals surface area contributed by atoms with Gasteiger partial charge in [-0.3, -0.25) is 0 Å². The molecule has 0 aliphatic rings. The molecule has 0 radical (unpaired) electrons. The SMILES string of the molecule is C/C(=C\N(N=Nc1c(C(C)C)cccc1C(C)C)c1c(C(C)C)cccc1C(C)C)c1ccccc1. The van der Waals surface area contributed by atoms with Gasteiger partial charge in [-0.15, -0.1) is 5.11 Å². The van der Waals surface area contributed by atoms with Crippen LogP contribution in [0.4, 0.5) is 11.4 Å². The first-order valence-corrected chi connectivity index (χ1v) is 13.3. The lowest BCUT2D eigenvalue weighted by atomic mass is 9.92. The molecule has 0 saturated heterocycles. The lowest BCUT2D eigenvalue weighted by Gasteiger charge is -2.25. The van der Waals surface area contributed by atoms with E-state index in [1.807, 2.05) is 5.01 Å². The average molecular weight is 482 g/mol. The second kappa shape index (κ2) is 12.2. The first-order valence-electron chi connectivity index (χ1n) is 13.3. The topological polar surface area (TPSA) is 28.0 Å². The summed E-state index contributed by atoms with van der Waals surface area (Å²) < 4.78 is 0. The second-order valence-corrected chi connectivity index (χ2v) is 10.9. The highest BCUT2D eigenvalue weighted by molar-refractivity contribution is 5.70. The Morgan fingerprint density at radius 2 is 1.06 bits per heavy atom. The number of rotatable bonds is 9. The third-order valence-corrected chi connectivity index (χ3v) is 6.70. The molecule has 3 aromatic carbocycles. The molecule has 0 aliphatic heterocycles. The van der Waals surface area contributed by atoms with Crippen molar-refractivity contribution in [3.63, 3.8) is 0 Å². The van der Waals surface area contributed by atoms with Gasteiger partial charge in [-0.1, -0.05) is 127 Å². The largest absolute Gasteiger partial charge is 0.222 e. The van der Waals surface area contributed by atoms with Crippen LogP contribution in [0.15, 0.2) is 83.3 Å². The second-order valence-electron chi connectivity index (χ2n) is 10.9. The molecule has 0 aliphatic carbocycles. The van der Waals surface area contributed by atoms with Crippen molar-refractivity contribution < 1.29 is 0 Å². The van der Waals surface area contributed by atoms with Gasteiger partial charge in [0.2, 0.25) is 0 Å². The molecule has 36 heavy (non-hydrogen) atoms. The number of nitrogens with zero attached hydrogens (tertiary/aromatic N) is 3. The zero-order chi connectivity index (χ0) is 26.4. The van der Waals surface area contributed by atoms with Crippen molar-refractivity contribution in [1.29, 1.82) is 0 Å². The van der Waals surface area contributed by atoms with Gasteiger partial charge in [0, 0.05) is 6.20 Å². The number of hydrogen-bond donors (Lipinski definition) is 0. The number of benzene rings is 3. The summed E-state index contributed by atoms with van der Waals surface area (Å²) in [6.07, 6.45) is 2.14. The van der Waals surface area contributed by atoms with Crippen molar-refractivity contribution in [2.75, 3.05) is 5.01 Å². The van der Waals surface area contributed by atoms with Gasteiger partial charge in [-0.25, -0.2) is 5.01 Å². The van der Waals surface area contributed by atoms with Crippen LogP contribution in [-0.4, -0.2) is 0 Å². The summed E-state index contributed by atoms with van der Waals surface area (Å²) >= 11 is 0. The van der Waals surface area contributed by atoms with E-state index >= 15 is 0 Å². The number of para-hydroxylation sites is 1. The van der Waals surface area contributed by atoms with Gasteiger partial charge in [0.25, 0.3) is 0 Å². The molecular weight excluding hydrogens is 438 g/mol. The van der Waals surface area contributed by atoms with Crippen LogP contribution in [-0.2, 0) is 0 Å². The quantitative estimate of drug-likeness (QED) is 0.220. The Morgan fingerprint density at radius 3 is 1.50 bits per heavy atom. The average Bonchev–Trinajstić information content (AvgIpc) is 2.85. The van der Waals surface area contributed by atoms with Crippen LogP contribution < -0.4 is 5.01 Å². The molecule has 190 valence electrons. The minimum atomic E-state index is 0.357. The predicted molar refractivity (Wildman–Crippen MR) is 156 cm³/mol. The Morgan fingerprint density at radius 1 is 0.611 bits per heavy atom. The van der Waals surface area contributed by atoms with E-state index in [1.165, 1.54) is 27.8 Å². The van der Waals surface area contributed by atoms with E-state index in [1.54, 1.807) is 0 Å². The summed E-state index contributed by atoms with van der Waals surface area (Å²) in [5, 5.41) is 12.0. The summed E-state index contributed by atoms with van der Waals surface area (Å²) in [4.78, 5) is 0. The molecule has 3 aromatic rings. The summed E-state index contributed by atoms with van der Waals surface area (Å²) in [5.74, 6) is 1.44. The van der Waals surface area contributed by atoms with E-state index in [4.69, 9.17) is 10.3 Å². The van der Waals surface area contributed by atoms with Gasteiger partial charge in [-0.2, -0.15) is 0 Å². The van der Waals surface area contributed by atoms with Gasteiger partial charge < -0.3 is 0 Å². The molecule has 0 heterocycles. The third-order valence-electron chi connectivity index (χ3n) is 6.70. The first kappa shape index (κ1) is 27.4. The van der Waals surface area contributed by atoms with E-state index in [-0.39, 0.29) is 0 Å². The summed E-state index contributed by atoms with van der Waals surface area (Å²) in [5.41, 5.74) is 9.46. The third kappa shape index (κ3) is 6.32. The summed E-state index contributed by atoms with van der Waals surface area (Å²) in [6, 6.07) is 23.6. The van der Waals surface area contributed by atoms with Crippen molar-refractivity contribution in [2.24, 2.45) is 10.3 Å². The van der Waals surface area contributed by atoms with Gasteiger partial charge >= 0.3 is 0 Å². The zero-order valence-corrected chi connectivity index (χ0v) is 23.6. The highest BCUT2D eigenvalue weighted by atomic mass is 15.5. The van der Waals surface area contributed by atoms with E-state index < -0.39 is 0 Å². The molecule has 0 saturated carbocycles. The molecule has 0 atom stereocenters. The molecule has 3 rings (SSSR count). The van der Waals surface area contributed by atoms with Gasteiger partial charge in [-0.05, 0) is 64.0 Å². The maximum atomic E-state index is 4.98. The molecule has 3 heteroatoms. The normalized spacial score (nSPS) is 12.5. The van der Waals surface area contributed by atoms with Crippen LogP contribution in [0, 0.1) is 0 Å². The van der Waals surface area contributed by atoms with Crippen LogP contribution in [0.2, 0.25) is 0 Å². The summed E-state index contributed by atoms with van der Waals surface area (Å²) in [7, 11) is 0. The van der Waals surface area contributed by atoms with E-state index in [9.17, 15) is 0 Å². The molecule has 0 N–H and O–H groups in total. The van der Waals surface area contributed by atoms with E-state index in [2.05, 4.69) is 135 Å². The Bertz CT molecular complexity index is 1150. The maximum absolute atomic E-state index is 4.98. The Balaban J connectivity index is 2.27. The Hall–Kier alpha value is -3.20. The van der Waals surface area contributed by atoms with Crippen LogP contribution in [0.5, 0.6) is 0 Å². The summed E-state index contributed by atoms with van der Waals surface area (Å²) in [6.45, 7) is 20.0. The fraction of sp³-hybridized carbons (Fsp3) is 0.394. The van der Waals surface area contributed by atoms with E-state index in [0.717, 1.165) is 16.9 Å². The minimum Gasteiger partial charge on any atom is -0.222 e. The predicted octanol–water partition coefficient (Wildman–Crippen LogP) is 10.7. The van der Waals surface area contributed by atoms with E-state index in [0.29, 0.717) is 23.7 Å². The molecule has 3 nitrogen and oxygen atoms in total. The molecule has 0 amide bonds. The van der Waals surface area contributed by atoms with Crippen molar-refractivity contribution in [3.05, 3.63) is 101 Å². The number of anilines is 1. The van der Waals surface area contributed by atoms with Gasteiger partial charge in [0.05, 0.1) is 11.4 Å². The standard InChI is InChI=1S/C33H43N3/c1-22(2)28-17-13-18-29(23(3)4)32(28)34-35-36(21-26(9)27-15-11-10-12-16-27)33-30(24(5)6)19-14-20-31(33)25(7)8/h10-25H,1-9H3/b26-21+,35-34?. The highest BCUT2D eigenvalue weighted by Gasteiger charge is 2.20. The molecule has 0 spiro atoms. The molecule has 0 unspecified atom stereocenters. The van der Waals surface area contributed by atoms with Gasteiger partial charge in [0.1, 0.15) is 0 Å². The smallest absolute Gasteiger partial charge is 0.0943 e. The lowest BCUT2D eigenvalue weighted by Crippen LogP contribution is -2.14. The van der Waals surface area contributed by atoms with Crippen LogP contribution in [0.25, 0.3) is 5.57 Å². The maximum Gasteiger partial charge on any atom is 0.0943 e. The Labute approximate surface area is 219 Å². The molecule has 0 aromatic heterocycles. The molecule has 0 fully saturated rings. The van der Waals surface area contributed by atoms with Crippen LogP contribution >= 0.6 is 0 Å². The number of hydrogen-bond acceptors (Lipinski definition) is 2. The fourth-order valence-electron chi connectivity index (χ4n) is 4.59. The lowest BCUT2D eigenvalue weighted by molar-refractivity contribution is 0.803. The number of allylic oxidation sites excluding steroid dienone is 1. The fourth-order valence-corrected chi connectivity index (χ4v) is 4.59. The highest BCUT2D eigenvalue weighted by Crippen LogP contribution is 2.39. The van der Waals surface area contributed by atoms with Crippen LogP contribution in [0.1, 0.15) is 114 Å². The van der Waals surface area contributed by atoms with Gasteiger partial charge in [0.15, 0.2) is 0 Å². The van der Waals surface area contributed by atoms with Crippen molar-refractivity contribution in [2.45, 2.75) is 86.0 Å². The monoisotopic (exact) mass is 481 g/mol. The van der Waals surface area contributed by atoms with Crippen molar-refractivity contribution >= 4 is 16.9 Å². The Kier molecular flexibility index (Phi) is 9.25. The van der Waals surface area contributed by atoms with Crippen LogP contribution in [0.3, 0.4) is 0 Å². The van der Waals surface area contributed by atoms with Crippen molar-refractivity contribution in [1.82, 2.24) is 0 Å². The van der Waals surface area contributed by atoms with Crippen molar-refractivity contribution in [3.8, 4) is 0 Å². The first-order chi connectivity index (χ1) is 17.1. The molecule has 0 bridgehead atoms. The molecular formula is C33H43N3. The minimum absolute atomic E-state index is 0.357.